The Hall–Kier alpha value is -1.18. The predicted molar refractivity (Wildman–Crippen MR) is 82.5 cm³/mol. The second-order valence-corrected chi connectivity index (χ2v) is 5.49. The van der Waals surface area contributed by atoms with Gasteiger partial charge in [-0.05, 0) is 13.8 Å². The molecule has 114 valence electrons. The van der Waals surface area contributed by atoms with Gasteiger partial charge < -0.3 is 20.1 Å². The molecule has 0 aliphatic heterocycles. The number of methoxy groups -OCH3 is 1. The summed E-state index contributed by atoms with van der Waals surface area (Å²) in [5.41, 5.74) is 1.10. The third-order valence-corrected chi connectivity index (χ3v) is 3.75. The van der Waals surface area contributed by atoms with Gasteiger partial charge in [-0.1, -0.05) is 0 Å². The summed E-state index contributed by atoms with van der Waals surface area (Å²) in [5.74, 6) is 0.755. The highest BCUT2D eigenvalue weighted by atomic mass is 32.1. The molecular formula is C13H24N4O2S. The van der Waals surface area contributed by atoms with Gasteiger partial charge in [0.2, 0.25) is 0 Å². The highest BCUT2D eigenvalue weighted by molar-refractivity contribution is 7.11. The van der Waals surface area contributed by atoms with Crippen LogP contribution in [0.5, 0.6) is 0 Å². The molecule has 0 aromatic carbocycles. The number of aromatic nitrogens is 1. The van der Waals surface area contributed by atoms with Crippen LogP contribution in [0.4, 0.5) is 0 Å². The van der Waals surface area contributed by atoms with Crippen LogP contribution in [-0.4, -0.2) is 51.5 Å². The van der Waals surface area contributed by atoms with E-state index in [1.54, 1.807) is 25.5 Å². The maximum atomic E-state index is 5.37. The Morgan fingerprint density at radius 1 is 1.25 bits per heavy atom. The van der Waals surface area contributed by atoms with Crippen molar-refractivity contribution in [2.24, 2.45) is 4.99 Å². The molecular weight excluding hydrogens is 276 g/mol. The van der Waals surface area contributed by atoms with Gasteiger partial charge in [0.15, 0.2) is 5.96 Å². The topological polar surface area (TPSA) is 67.8 Å². The SMILES string of the molecule is CN=C(NCCOCCOC)NCc1nc(C)c(C)s1. The summed E-state index contributed by atoms with van der Waals surface area (Å²) in [6.07, 6.45) is 0. The molecule has 2 N–H and O–H groups in total. The molecule has 0 unspecified atom stereocenters. The van der Waals surface area contributed by atoms with Gasteiger partial charge in [0, 0.05) is 25.6 Å². The van der Waals surface area contributed by atoms with Crippen LogP contribution in [0.15, 0.2) is 4.99 Å². The van der Waals surface area contributed by atoms with Crippen LogP contribution in [-0.2, 0) is 16.0 Å². The summed E-state index contributed by atoms with van der Waals surface area (Å²) < 4.78 is 10.3. The number of guanidine groups is 1. The van der Waals surface area contributed by atoms with Crippen molar-refractivity contribution in [1.82, 2.24) is 15.6 Å². The van der Waals surface area contributed by atoms with E-state index in [9.17, 15) is 0 Å². The summed E-state index contributed by atoms with van der Waals surface area (Å²) in [4.78, 5) is 9.90. The molecule has 20 heavy (non-hydrogen) atoms. The number of hydrogen-bond donors (Lipinski definition) is 2. The lowest BCUT2D eigenvalue weighted by Gasteiger charge is -2.11. The van der Waals surface area contributed by atoms with Crippen LogP contribution < -0.4 is 10.6 Å². The van der Waals surface area contributed by atoms with Crippen LogP contribution in [0.1, 0.15) is 15.6 Å². The van der Waals surface area contributed by atoms with Crippen molar-refractivity contribution in [3.8, 4) is 0 Å². The molecule has 0 aliphatic carbocycles. The minimum absolute atomic E-state index is 0.613. The van der Waals surface area contributed by atoms with Crippen molar-refractivity contribution in [2.45, 2.75) is 20.4 Å². The van der Waals surface area contributed by atoms with Gasteiger partial charge in [0.25, 0.3) is 0 Å². The fourth-order valence-electron chi connectivity index (χ4n) is 1.48. The van der Waals surface area contributed by atoms with Gasteiger partial charge in [-0.25, -0.2) is 4.98 Å². The maximum Gasteiger partial charge on any atom is 0.191 e. The summed E-state index contributed by atoms with van der Waals surface area (Å²) in [5, 5.41) is 7.49. The van der Waals surface area contributed by atoms with Crippen LogP contribution in [0.3, 0.4) is 0 Å². The quantitative estimate of drug-likeness (QED) is 0.427. The number of aryl methyl sites for hydroxylation is 2. The van der Waals surface area contributed by atoms with Gasteiger partial charge in [-0.3, -0.25) is 4.99 Å². The van der Waals surface area contributed by atoms with Gasteiger partial charge in [-0.2, -0.15) is 0 Å². The Morgan fingerprint density at radius 2 is 2.05 bits per heavy atom. The first-order valence-electron chi connectivity index (χ1n) is 6.61. The smallest absolute Gasteiger partial charge is 0.191 e. The Balaban J connectivity index is 2.20. The van der Waals surface area contributed by atoms with E-state index in [0.29, 0.717) is 32.9 Å². The van der Waals surface area contributed by atoms with Crippen molar-refractivity contribution >= 4 is 17.3 Å². The minimum atomic E-state index is 0.613. The molecule has 0 fully saturated rings. The molecule has 1 aromatic rings. The van der Waals surface area contributed by atoms with E-state index in [1.807, 2.05) is 6.92 Å². The number of nitrogens with one attached hydrogen (secondary N) is 2. The second kappa shape index (κ2) is 9.68. The normalized spacial score (nSPS) is 11.7. The zero-order valence-electron chi connectivity index (χ0n) is 12.7. The molecule has 0 radical (unpaired) electrons. The fraction of sp³-hybridized carbons (Fsp3) is 0.692. The first-order chi connectivity index (χ1) is 9.67. The van der Waals surface area contributed by atoms with E-state index < -0.39 is 0 Å². The van der Waals surface area contributed by atoms with Gasteiger partial charge in [0.1, 0.15) is 5.01 Å². The third-order valence-electron chi connectivity index (χ3n) is 2.67. The Bertz CT molecular complexity index is 401. The summed E-state index contributed by atoms with van der Waals surface area (Å²) >= 11 is 1.71. The van der Waals surface area contributed by atoms with Crippen molar-refractivity contribution in [1.29, 1.82) is 0 Å². The molecule has 0 saturated carbocycles. The lowest BCUT2D eigenvalue weighted by atomic mass is 10.4. The van der Waals surface area contributed by atoms with Crippen LogP contribution >= 0.6 is 11.3 Å². The molecule has 0 aliphatic rings. The molecule has 0 amide bonds. The van der Waals surface area contributed by atoms with Gasteiger partial charge in [0.05, 0.1) is 32.1 Å². The summed E-state index contributed by atoms with van der Waals surface area (Å²) in [6, 6.07) is 0. The highest BCUT2D eigenvalue weighted by Gasteiger charge is 2.04. The number of thiazole rings is 1. The standard InChI is InChI=1S/C13H24N4O2S/c1-10-11(2)20-12(17-10)9-16-13(14-3)15-5-6-19-8-7-18-4/h5-9H2,1-4H3,(H2,14,15,16). The van der Waals surface area contributed by atoms with Gasteiger partial charge >= 0.3 is 0 Å². The van der Waals surface area contributed by atoms with E-state index in [2.05, 4.69) is 27.5 Å². The second-order valence-electron chi connectivity index (χ2n) is 4.21. The molecule has 1 rings (SSSR count). The summed E-state index contributed by atoms with van der Waals surface area (Å²) in [6.45, 7) is 7.36. The van der Waals surface area contributed by atoms with Gasteiger partial charge in [-0.15, -0.1) is 11.3 Å². The number of hydrogen-bond acceptors (Lipinski definition) is 5. The zero-order valence-corrected chi connectivity index (χ0v) is 13.5. The number of rotatable bonds is 8. The van der Waals surface area contributed by atoms with E-state index >= 15 is 0 Å². The predicted octanol–water partition coefficient (Wildman–Crippen LogP) is 1.09. The minimum Gasteiger partial charge on any atom is -0.382 e. The lowest BCUT2D eigenvalue weighted by Crippen LogP contribution is -2.38. The number of aliphatic imine (C=N–C) groups is 1. The molecule has 0 saturated heterocycles. The first kappa shape index (κ1) is 16.9. The van der Waals surface area contributed by atoms with Crippen LogP contribution in [0, 0.1) is 13.8 Å². The summed E-state index contributed by atoms with van der Waals surface area (Å²) in [7, 11) is 3.41. The van der Waals surface area contributed by atoms with E-state index in [0.717, 1.165) is 16.7 Å². The molecule has 1 aromatic heterocycles. The Kier molecular flexibility index (Phi) is 8.17. The molecule has 0 atom stereocenters. The molecule has 6 nitrogen and oxygen atoms in total. The highest BCUT2D eigenvalue weighted by Crippen LogP contribution is 2.15. The lowest BCUT2D eigenvalue weighted by molar-refractivity contribution is 0.0733. The largest absolute Gasteiger partial charge is 0.382 e. The zero-order chi connectivity index (χ0) is 14.8. The number of nitrogens with zero attached hydrogens (tertiary/aromatic N) is 2. The average Bonchev–Trinajstić information content (AvgIpc) is 2.76. The molecule has 7 heteroatoms. The molecule has 0 bridgehead atoms. The monoisotopic (exact) mass is 300 g/mol. The third kappa shape index (κ3) is 6.31. The average molecular weight is 300 g/mol. The van der Waals surface area contributed by atoms with Crippen LogP contribution in [0.2, 0.25) is 0 Å². The Morgan fingerprint density at radius 3 is 2.65 bits per heavy atom. The van der Waals surface area contributed by atoms with Crippen molar-refractivity contribution in [2.75, 3.05) is 40.5 Å². The van der Waals surface area contributed by atoms with E-state index in [4.69, 9.17) is 9.47 Å². The van der Waals surface area contributed by atoms with Crippen LogP contribution in [0.25, 0.3) is 0 Å². The molecule has 1 heterocycles. The van der Waals surface area contributed by atoms with Crippen molar-refractivity contribution in [3.05, 3.63) is 15.6 Å². The Labute approximate surface area is 124 Å². The van der Waals surface area contributed by atoms with Crippen molar-refractivity contribution < 1.29 is 9.47 Å². The first-order valence-corrected chi connectivity index (χ1v) is 7.43. The maximum absolute atomic E-state index is 5.37. The van der Waals surface area contributed by atoms with E-state index in [-0.39, 0.29) is 0 Å². The van der Waals surface area contributed by atoms with E-state index in [1.165, 1.54) is 4.88 Å². The number of ether oxygens (including phenoxy) is 2. The molecule has 0 spiro atoms. The fourth-order valence-corrected chi connectivity index (χ4v) is 2.35. The van der Waals surface area contributed by atoms with Crippen molar-refractivity contribution in [3.63, 3.8) is 0 Å².